The summed E-state index contributed by atoms with van der Waals surface area (Å²) < 4.78 is 41.1. The molecule has 144 valence electrons. The molecular weight excluding hydrogens is 366 g/mol. The molecule has 0 amide bonds. The summed E-state index contributed by atoms with van der Waals surface area (Å²) in [4.78, 5) is 1.03. The summed E-state index contributed by atoms with van der Waals surface area (Å²) in [5, 5.41) is 0. The quantitative estimate of drug-likeness (QED) is 0.794. The molecule has 6 heteroatoms. The Bertz CT molecular complexity index is 829. The number of nitrogens with one attached hydrogen (secondary N) is 1. The van der Waals surface area contributed by atoms with Crippen LogP contribution in [0.2, 0.25) is 0 Å². The third-order valence-corrected chi connectivity index (χ3v) is 7.83. The van der Waals surface area contributed by atoms with Gasteiger partial charge in [-0.15, -0.1) is 0 Å². The Morgan fingerprint density at radius 3 is 2.19 bits per heavy atom. The molecule has 3 atom stereocenters. The van der Waals surface area contributed by atoms with Crippen LogP contribution in [-0.2, 0) is 20.8 Å². The fourth-order valence-corrected chi connectivity index (χ4v) is 5.69. The van der Waals surface area contributed by atoms with Crippen molar-refractivity contribution in [1.29, 1.82) is 0 Å². The highest BCUT2D eigenvalue weighted by atomic mass is 32.2. The zero-order valence-corrected chi connectivity index (χ0v) is 17.9. The summed E-state index contributed by atoms with van der Waals surface area (Å²) in [6, 6.07) is 6.44. The Hall–Kier alpha value is -1.24. The van der Waals surface area contributed by atoms with Crippen LogP contribution < -0.4 is 4.72 Å². The summed E-state index contributed by atoms with van der Waals surface area (Å²) in [6.07, 6.45) is 5.68. The number of rotatable bonds is 6. The van der Waals surface area contributed by atoms with Crippen molar-refractivity contribution in [2.75, 3.05) is 0 Å². The summed E-state index contributed by atoms with van der Waals surface area (Å²) in [7, 11) is -4.85. The lowest BCUT2D eigenvalue weighted by molar-refractivity contribution is 0.400. The number of aryl methyl sites for hydroxylation is 1. The minimum atomic E-state index is -3.65. The molecule has 0 saturated heterocycles. The van der Waals surface area contributed by atoms with E-state index >= 15 is 0 Å². The lowest BCUT2D eigenvalue weighted by Crippen LogP contribution is -2.44. The summed E-state index contributed by atoms with van der Waals surface area (Å²) >= 11 is 0. The molecule has 0 aliphatic heterocycles. The van der Waals surface area contributed by atoms with Crippen molar-refractivity contribution in [1.82, 2.24) is 4.72 Å². The third-order valence-electron chi connectivity index (χ3n) is 4.41. The number of allylic oxidation sites excluding steroid dienone is 2. The van der Waals surface area contributed by atoms with E-state index in [1.165, 1.54) is 0 Å². The average molecular weight is 396 g/mol. The molecule has 1 aromatic carbocycles. The van der Waals surface area contributed by atoms with Crippen LogP contribution in [0.5, 0.6) is 0 Å². The van der Waals surface area contributed by atoms with Gasteiger partial charge in [-0.1, -0.05) is 43.7 Å². The second-order valence-electron chi connectivity index (χ2n) is 8.06. The number of sulfonamides is 1. The number of benzene rings is 1. The van der Waals surface area contributed by atoms with Gasteiger partial charge in [0.25, 0.3) is 0 Å². The van der Waals surface area contributed by atoms with Gasteiger partial charge in [-0.25, -0.2) is 13.1 Å². The van der Waals surface area contributed by atoms with Crippen molar-refractivity contribution in [2.24, 2.45) is 11.8 Å². The Kier molecular flexibility index (Phi) is 6.31. The molecule has 0 spiro atoms. The van der Waals surface area contributed by atoms with E-state index in [9.17, 15) is 12.6 Å². The SMILES string of the molecule is Cc1ccc(S(=O)(=O)N[C@H](C(C)C)C2C=CC=C2S(=O)C(C)(C)C)cc1. The Labute approximate surface area is 160 Å². The first-order valence-corrected chi connectivity index (χ1v) is 11.5. The van der Waals surface area contributed by atoms with Crippen LogP contribution in [0.15, 0.2) is 52.3 Å². The van der Waals surface area contributed by atoms with Gasteiger partial charge in [-0.05, 0) is 51.8 Å². The van der Waals surface area contributed by atoms with Gasteiger partial charge in [0.15, 0.2) is 0 Å². The predicted molar refractivity (Wildman–Crippen MR) is 109 cm³/mol. The molecule has 2 unspecified atom stereocenters. The molecule has 1 aliphatic carbocycles. The summed E-state index contributed by atoms with van der Waals surface area (Å²) in [6.45, 7) is 11.7. The Morgan fingerprint density at radius 1 is 1.12 bits per heavy atom. The van der Waals surface area contributed by atoms with Gasteiger partial charge < -0.3 is 0 Å². The molecule has 0 radical (unpaired) electrons. The lowest BCUT2D eigenvalue weighted by atomic mass is 9.92. The number of hydrogen-bond donors (Lipinski definition) is 1. The van der Waals surface area contributed by atoms with Gasteiger partial charge in [0.2, 0.25) is 10.0 Å². The smallest absolute Gasteiger partial charge is 0.240 e. The fourth-order valence-electron chi connectivity index (χ4n) is 2.90. The van der Waals surface area contributed by atoms with Crippen LogP contribution in [0.4, 0.5) is 0 Å². The average Bonchev–Trinajstić information content (AvgIpc) is 3.00. The van der Waals surface area contributed by atoms with E-state index in [4.69, 9.17) is 0 Å². The summed E-state index contributed by atoms with van der Waals surface area (Å²) in [5.74, 6) is -0.168. The first-order valence-electron chi connectivity index (χ1n) is 8.83. The van der Waals surface area contributed by atoms with Crippen LogP contribution >= 0.6 is 0 Å². The van der Waals surface area contributed by atoms with Crippen molar-refractivity contribution in [3.63, 3.8) is 0 Å². The maximum atomic E-state index is 12.9. The first kappa shape index (κ1) is 21.1. The summed E-state index contributed by atoms with van der Waals surface area (Å²) in [5.41, 5.74) is 1.01. The molecule has 0 aromatic heterocycles. The molecule has 0 bridgehead atoms. The van der Waals surface area contributed by atoms with Gasteiger partial charge in [-0.3, -0.25) is 4.21 Å². The fraction of sp³-hybridized carbons (Fsp3) is 0.500. The van der Waals surface area contributed by atoms with Crippen molar-refractivity contribution in [3.8, 4) is 0 Å². The maximum Gasteiger partial charge on any atom is 0.240 e. The van der Waals surface area contributed by atoms with Crippen LogP contribution in [0, 0.1) is 18.8 Å². The topological polar surface area (TPSA) is 63.2 Å². The lowest BCUT2D eigenvalue weighted by Gasteiger charge is -2.31. The minimum absolute atomic E-state index is 0.0448. The van der Waals surface area contributed by atoms with E-state index in [2.05, 4.69) is 4.72 Å². The van der Waals surface area contributed by atoms with Gasteiger partial charge in [0.1, 0.15) is 0 Å². The first-order chi connectivity index (χ1) is 11.9. The van der Waals surface area contributed by atoms with Crippen LogP contribution in [0.3, 0.4) is 0 Å². The minimum Gasteiger partial charge on any atom is -0.254 e. The molecule has 4 nitrogen and oxygen atoms in total. The van der Waals surface area contributed by atoms with E-state index in [1.807, 2.05) is 59.8 Å². The van der Waals surface area contributed by atoms with Gasteiger partial charge >= 0.3 is 0 Å². The van der Waals surface area contributed by atoms with E-state index in [0.29, 0.717) is 0 Å². The molecule has 1 N–H and O–H groups in total. The molecule has 2 rings (SSSR count). The standard InChI is InChI=1S/C20H29NO3S2/c1-14(2)19(17-8-7-9-18(17)25(22)20(4,5)6)21-26(23,24)16-12-10-15(3)11-13-16/h7-14,17,19,21H,1-6H3/t17?,19-,25?/m1/s1. The second kappa shape index (κ2) is 7.79. The van der Waals surface area contributed by atoms with Crippen molar-refractivity contribution in [2.45, 2.75) is 57.2 Å². The van der Waals surface area contributed by atoms with E-state index in [1.54, 1.807) is 24.3 Å². The molecule has 0 saturated carbocycles. The van der Waals surface area contributed by atoms with Crippen LogP contribution in [0.1, 0.15) is 40.2 Å². The predicted octanol–water partition coefficient (Wildman–Crippen LogP) is 3.92. The maximum absolute atomic E-state index is 12.9. The van der Waals surface area contributed by atoms with Crippen molar-refractivity contribution in [3.05, 3.63) is 53.0 Å². The van der Waals surface area contributed by atoms with E-state index < -0.39 is 25.6 Å². The molecule has 1 aromatic rings. The normalized spacial score (nSPS) is 20.3. The zero-order valence-electron chi connectivity index (χ0n) is 16.3. The second-order valence-corrected chi connectivity index (χ2v) is 12.0. The van der Waals surface area contributed by atoms with Crippen LogP contribution in [0.25, 0.3) is 0 Å². The van der Waals surface area contributed by atoms with Crippen molar-refractivity contribution >= 4 is 20.8 Å². The third kappa shape index (κ3) is 4.72. The van der Waals surface area contributed by atoms with E-state index in [0.717, 1.165) is 10.5 Å². The van der Waals surface area contributed by atoms with Gasteiger partial charge in [-0.2, -0.15) is 0 Å². The Balaban J connectivity index is 2.32. The zero-order chi connectivity index (χ0) is 19.7. The number of hydrogen-bond acceptors (Lipinski definition) is 3. The molecule has 0 fully saturated rings. The highest BCUT2D eigenvalue weighted by molar-refractivity contribution is 7.90. The Morgan fingerprint density at radius 2 is 1.69 bits per heavy atom. The molecule has 26 heavy (non-hydrogen) atoms. The monoisotopic (exact) mass is 395 g/mol. The van der Waals surface area contributed by atoms with Gasteiger partial charge in [0, 0.05) is 21.6 Å². The van der Waals surface area contributed by atoms with Crippen molar-refractivity contribution < 1.29 is 12.6 Å². The van der Waals surface area contributed by atoms with Gasteiger partial charge in [0.05, 0.1) is 15.7 Å². The molecule has 1 aliphatic rings. The van der Waals surface area contributed by atoms with Crippen LogP contribution in [-0.4, -0.2) is 23.4 Å². The molecule has 0 heterocycles. The highest BCUT2D eigenvalue weighted by Gasteiger charge is 2.36. The molecular formula is C20H29NO3S2. The van der Waals surface area contributed by atoms with E-state index in [-0.39, 0.29) is 22.8 Å². The largest absolute Gasteiger partial charge is 0.254 e. The highest BCUT2D eigenvalue weighted by Crippen LogP contribution is 2.34.